The summed E-state index contributed by atoms with van der Waals surface area (Å²) in [7, 11) is 1.92. The molecule has 2 aromatic rings. The molecule has 0 fully saturated rings. The molecule has 0 aliphatic heterocycles. The average molecular weight is 298 g/mol. The number of aromatic nitrogens is 2. The van der Waals surface area contributed by atoms with Crippen LogP contribution in [0.15, 0.2) is 24.4 Å². The van der Waals surface area contributed by atoms with Gasteiger partial charge in [0, 0.05) is 11.6 Å². The van der Waals surface area contributed by atoms with Gasteiger partial charge >= 0.3 is 0 Å². The summed E-state index contributed by atoms with van der Waals surface area (Å²) in [5, 5.41) is 9.02. The predicted octanol–water partition coefficient (Wildman–Crippen LogP) is 3.83. The standard InChI is InChI=1S/C14H17Cl2N3/c1-4-19-14(12(16)8-18-19)13(17-3)11-6-5-10(15)7-9(11)2/h5-8,13,17H,4H2,1-3H3. The van der Waals surface area contributed by atoms with Crippen LogP contribution in [0.2, 0.25) is 10.0 Å². The number of nitrogens with zero attached hydrogens (tertiary/aromatic N) is 2. The molecular formula is C14H17Cl2N3. The van der Waals surface area contributed by atoms with E-state index in [1.54, 1.807) is 6.20 Å². The topological polar surface area (TPSA) is 29.9 Å². The fourth-order valence-electron chi connectivity index (χ4n) is 2.31. The number of nitrogens with one attached hydrogen (secondary N) is 1. The zero-order chi connectivity index (χ0) is 14.0. The number of aryl methyl sites for hydroxylation is 2. The fourth-order valence-corrected chi connectivity index (χ4v) is 2.79. The van der Waals surface area contributed by atoms with Crippen LogP contribution in [0.5, 0.6) is 0 Å². The van der Waals surface area contributed by atoms with Gasteiger partial charge in [-0.25, -0.2) is 0 Å². The monoisotopic (exact) mass is 297 g/mol. The first-order valence-electron chi connectivity index (χ1n) is 6.23. The maximum Gasteiger partial charge on any atom is 0.0837 e. The highest BCUT2D eigenvalue weighted by molar-refractivity contribution is 6.31. The summed E-state index contributed by atoms with van der Waals surface area (Å²) in [5.41, 5.74) is 3.27. The van der Waals surface area contributed by atoms with E-state index >= 15 is 0 Å². The van der Waals surface area contributed by atoms with Crippen molar-refractivity contribution in [3.05, 3.63) is 51.3 Å². The van der Waals surface area contributed by atoms with Crippen molar-refractivity contribution in [2.24, 2.45) is 0 Å². The van der Waals surface area contributed by atoms with Crippen molar-refractivity contribution in [3.63, 3.8) is 0 Å². The zero-order valence-corrected chi connectivity index (χ0v) is 12.8. The zero-order valence-electron chi connectivity index (χ0n) is 11.2. The van der Waals surface area contributed by atoms with Crippen LogP contribution in [0.1, 0.15) is 29.8 Å². The highest BCUT2D eigenvalue weighted by atomic mass is 35.5. The van der Waals surface area contributed by atoms with Crippen molar-refractivity contribution in [1.29, 1.82) is 0 Å². The van der Waals surface area contributed by atoms with Gasteiger partial charge in [-0.1, -0.05) is 29.3 Å². The summed E-state index contributed by atoms with van der Waals surface area (Å²) >= 11 is 12.3. The van der Waals surface area contributed by atoms with Crippen LogP contribution in [0.3, 0.4) is 0 Å². The van der Waals surface area contributed by atoms with Gasteiger partial charge in [0.15, 0.2) is 0 Å². The van der Waals surface area contributed by atoms with Gasteiger partial charge in [-0.05, 0) is 44.2 Å². The van der Waals surface area contributed by atoms with E-state index in [-0.39, 0.29) is 6.04 Å². The van der Waals surface area contributed by atoms with Crippen LogP contribution in [-0.2, 0) is 6.54 Å². The van der Waals surface area contributed by atoms with Crippen molar-refractivity contribution in [1.82, 2.24) is 15.1 Å². The van der Waals surface area contributed by atoms with E-state index in [0.717, 1.165) is 28.4 Å². The summed E-state index contributed by atoms with van der Waals surface area (Å²) in [6.07, 6.45) is 1.69. The maximum absolute atomic E-state index is 6.28. The minimum Gasteiger partial charge on any atom is -0.308 e. The van der Waals surface area contributed by atoms with Gasteiger partial charge in [0.1, 0.15) is 0 Å². The average Bonchev–Trinajstić information content (AvgIpc) is 2.74. The molecular weight excluding hydrogens is 281 g/mol. The van der Waals surface area contributed by atoms with Gasteiger partial charge in [0.25, 0.3) is 0 Å². The number of hydrogen-bond donors (Lipinski definition) is 1. The lowest BCUT2D eigenvalue weighted by Crippen LogP contribution is -2.22. The molecule has 5 heteroatoms. The van der Waals surface area contributed by atoms with E-state index in [9.17, 15) is 0 Å². The second-order valence-electron chi connectivity index (χ2n) is 4.42. The van der Waals surface area contributed by atoms with Gasteiger partial charge in [0.2, 0.25) is 0 Å². The molecule has 3 nitrogen and oxygen atoms in total. The minimum absolute atomic E-state index is 0.00668. The van der Waals surface area contributed by atoms with Crippen LogP contribution in [0, 0.1) is 6.92 Å². The van der Waals surface area contributed by atoms with Crippen molar-refractivity contribution < 1.29 is 0 Å². The number of halogens is 2. The van der Waals surface area contributed by atoms with Crippen LogP contribution >= 0.6 is 23.2 Å². The minimum atomic E-state index is 0.00668. The van der Waals surface area contributed by atoms with Crippen molar-refractivity contribution in [3.8, 4) is 0 Å². The molecule has 0 amide bonds. The van der Waals surface area contributed by atoms with E-state index < -0.39 is 0 Å². The lowest BCUT2D eigenvalue weighted by molar-refractivity contribution is 0.562. The number of benzene rings is 1. The molecule has 0 aliphatic carbocycles. The lowest BCUT2D eigenvalue weighted by atomic mass is 9.99. The van der Waals surface area contributed by atoms with Crippen LogP contribution in [0.4, 0.5) is 0 Å². The first kappa shape index (κ1) is 14.4. The van der Waals surface area contributed by atoms with Gasteiger partial charge in [0.05, 0.1) is 23.0 Å². The third kappa shape index (κ3) is 2.78. The molecule has 0 aliphatic rings. The normalized spacial score (nSPS) is 12.7. The maximum atomic E-state index is 6.28. The van der Waals surface area contributed by atoms with E-state index in [0.29, 0.717) is 5.02 Å². The Morgan fingerprint density at radius 2 is 2.11 bits per heavy atom. The van der Waals surface area contributed by atoms with E-state index in [1.807, 2.05) is 43.8 Å². The molecule has 1 N–H and O–H groups in total. The van der Waals surface area contributed by atoms with Gasteiger partial charge in [-0.15, -0.1) is 0 Å². The molecule has 19 heavy (non-hydrogen) atoms. The van der Waals surface area contributed by atoms with Gasteiger partial charge < -0.3 is 5.32 Å². The summed E-state index contributed by atoms with van der Waals surface area (Å²) in [5.74, 6) is 0. The van der Waals surface area contributed by atoms with Gasteiger partial charge in [-0.3, -0.25) is 4.68 Å². The van der Waals surface area contributed by atoms with Crippen LogP contribution in [0.25, 0.3) is 0 Å². The Labute approximate surface area is 123 Å². The molecule has 0 bridgehead atoms. The molecule has 0 spiro atoms. The van der Waals surface area contributed by atoms with E-state index in [4.69, 9.17) is 23.2 Å². The summed E-state index contributed by atoms with van der Waals surface area (Å²) in [6.45, 7) is 4.88. The Kier molecular flexibility index (Phi) is 4.50. The molecule has 102 valence electrons. The van der Waals surface area contributed by atoms with Crippen LogP contribution in [-0.4, -0.2) is 16.8 Å². The Morgan fingerprint density at radius 3 is 2.68 bits per heavy atom. The molecule has 1 aromatic carbocycles. The van der Waals surface area contributed by atoms with Crippen molar-refractivity contribution >= 4 is 23.2 Å². The second-order valence-corrected chi connectivity index (χ2v) is 5.26. The lowest BCUT2D eigenvalue weighted by Gasteiger charge is -2.20. The Balaban J connectivity index is 2.52. The highest BCUT2D eigenvalue weighted by Crippen LogP contribution is 2.30. The molecule has 0 radical (unpaired) electrons. The first-order valence-corrected chi connectivity index (χ1v) is 6.98. The van der Waals surface area contributed by atoms with E-state index in [2.05, 4.69) is 10.4 Å². The first-order chi connectivity index (χ1) is 9.08. The molecule has 1 aromatic heterocycles. The van der Waals surface area contributed by atoms with E-state index in [1.165, 1.54) is 0 Å². The third-order valence-corrected chi connectivity index (χ3v) is 3.76. The molecule has 0 saturated heterocycles. The van der Waals surface area contributed by atoms with Crippen LogP contribution < -0.4 is 5.32 Å². The quantitative estimate of drug-likeness (QED) is 0.929. The summed E-state index contributed by atoms with van der Waals surface area (Å²) in [4.78, 5) is 0. The van der Waals surface area contributed by atoms with Crippen molar-refractivity contribution in [2.75, 3.05) is 7.05 Å². The van der Waals surface area contributed by atoms with Gasteiger partial charge in [-0.2, -0.15) is 5.10 Å². The predicted molar refractivity (Wildman–Crippen MR) is 80.0 cm³/mol. The smallest absolute Gasteiger partial charge is 0.0837 e. The number of hydrogen-bond acceptors (Lipinski definition) is 2. The molecule has 1 unspecified atom stereocenters. The largest absolute Gasteiger partial charge is 0.308 e. The highest BCUT2D eigenvalue weighted by Gasteiger charge is 2.21. The Hall–Kier alpha value is -1.03. The molecule has 1 heterocycles. The molecule has 0 saturated carbocycles. The molecule has 2 rings (SSSR count). The third-order valence-electron chi connectivity index (χ3n) is 3.24. The summed E-state index contributed by atoms with van der Waals surface area (Å²) in [6, 6.07) is 5.89. The Morgan fingerprint density at radius 1 is 1.37 bits per heavy atom. The molecule has 1 atom stereocenters. The fraction of sp³-hybridized carbons (Fsp3) is 0.357. The van der Waals surface area contributed by atoms with Crippen molar-refractivity contribution in [2.45, 2.75) is 26.4 Å². The second kappa shape index (κ2) is 5.95. The number of rotatable bonds is 4. The SMILES string of the molecule is CCn1ncc(Cl)c1C(NC)c1ccc(Cl)cc1C. The summed E-state index contributed by atoms with van der Waals surface area (Å²) < 4.78 is 1.91. The Bertz CT molecular complexity index is 578.